The Morgan fingerprint density at radius 3 is 2.94 bits per heavy atom. The maximum Gasteiger partial charge on any atom is 0.127 e. The van der Waals surface area contributed by atoms with Gasteiger partial charge in [-0.25, -0.2) is 4.39 Å². The lowest BCUT2D eigenvalue weighted by atomic mass is 10.1. The minimum absolute atomic E-state index is 0.159. The molecule has 0 spiro atoms. The molecule has 0 saturated heterocycles. The molecular formula is C14H15BrFNS. The zero-order chi connectivity index (χ0) is 13.0. The Kier molecular flexibility index (Phi) is 4.92. The van der Waals surface area contributed by atoms with Gasteiger partial charge in [0.2, 0.25) is 0 Å². The summed E-state index contributed by atoms with van der Waals surface area (Å²) >= 11 is 5.07. The second-order valence-electron chi connectivity index (χ2n) is 4.35. The first-order valence-corrected chi connectivity index (χ1v) is 7.57. The monoisotopic (exact) mass is 327 g/mol. The van der Waals surface area contributed by atoms with Crippen LogP contribution in [0.1, 0.15) is 18.1 Å². The summed E-state index contributed by atoms with van der Waals surface area (Å²) in [5.41, 5.74) is 2.02. The van der Waals surface area contributed by atoms with Crippen LogP contribution in [-0.4, -0.2) is 6.04 Å². The van der Waals surface area contributed by atoms with Crippen LogP contribution in [0.15, 0.2) is 39.5 Å². The Balaban J connectivity index is 1.89. The Morgan fingerprint density at radius 1 is 1.39 bits per heavy atom. The van der Waals surface area contributed by atoms with E-state index in [0.29, 0.717) is 18.2 Å². The van der Waals surface area contributed by atoms with E-state index in [0.717, 1.165) is 10.9 Å². The molecular weight excluding hydrogens is 313 g/mol. The molecule has 0 aliphatic rings. The molecule has 96 valence electrons. The van der Waals surface area contributed by atoms with E-state index < -0.39 is 0 Å². The number of thiophene rings is 1. The zero-order valence-corrected chi connectivity index (χ0v) is 12.5. The molecule has 4 heteroatoms. The van der Waals surface area contributed by atoms with E-state index in [1.165, 1.54) is 11.6 Å². The first-order chi connectivity index (χ1) is 8.65. The molecule has 1 nitrogen and oxygen atoms in total. The number of hydrogen-bond donors (Lipinski definition) is 1. The summed E-state index contributed by atoms with van der Waals surface area (Å²) < 4.78 is 14.4. The number of nitrogens with one attached hydrogen (secondary N) is 1. The molecule has 1 heterocycles. The summed E-state index contributed by atoms with van der Waals surface area (Å²) in [6.45, 7) is 2.67. The van der Waals surface area contributed by atoms with Crippen LogP contribution in [-0.2, 0) is 13.0 Å². The zero-order valence-electron chi connectivity index (χ0n) is 10.1. The van der Waals surface area contributed by atoms with Crippen LogP contribution in [0.25, 0.3) is 0 Å². The summed E-state index contributed by atoms with van der Waals surface area (Å²) in [5, 5.41) is 7.58. The predicted octanol–water partition coefficient (Wildman–Crippen LogP) is 4.37. The maximum absolute atomic E-state index is 13.5. The van der Waals surface area contributed by atoms with Crippen molar-refractivity contribution < 1.29 is 4.39 Å². The van der Waals surface area contributed by atoms with Gasteiger partial charge in [0.15, 0.2) is 0 Å². The topological polar surface area (TPSA) is 12.0 Å². The fourth-order valence-electron chi connectivity index (χ4n) is 1.80. The predicted molar refractivity (Wildman–Crippen MR) is 78.4 cm³/mol. The van der Waals surface area contributed by atoms with Crippen LogP contribution in [0.5, 0.6) is 0 Å². The third-order valence-corrected chi connectivity index (χ3v) is 4.00. The fraction of sp³-hybridized carbons (Fsp3) is 0.286. The van der Waals surface area contributed by atoms with Gasteiger partial charge in [-0.15, -0.1) is 0 Å². The molecule has 0 radical (unpaired) electrons. The second-order valence-corrected chi connectivity index (χ2v) is 6.05. The highest BCUT2D eigenvalue weighted by Gasteiger charge is 2.06. The molecule has 0 aliphatic heterocycles. The first-order valence-electron chi connectivity index (χ1n) is 5.83. The molecule has 1 atom stereocenters. The van der Waals surface area contributed by atoms with Crippen molar-refractivity contribution in [3.63, 3.8) is 0 Å². The minimum Gasteiger partial charge on any atom is -0.310 e. The standard InChI is InChI=1S/C14H15BrFNS/c1-10(6-11-4-5-18-9-11)17-8-12-7-13(15)2-3-14(12)16/h2-5,7,9-10,17H,6,8H2,1H3. The Labute approximate surface area is 119 Å². The van der Waals surface area contributed by atoms with Crippen molar-refractivity contribution in [1.82, 2.24) is 5.32 Å². The molecule has 0 saturated carbocycles. The molecule has 1 N–H and O–H groups in total. The summed E-state index contributed by atoms with van der Waals surface area (Å²) in [5.74, 6) is -0.159. The van der Waals surface area contributed by atoms with E-state index in [1.807, 2.05) is 6.07 Å². The molecule has 0 bridgehead atoms. The minimum atomic E-state index is -0.159. The number of hydrogen-bond acceptors (Lipinski definition) is 2. The second kappa shape index (κ2) is 6.45. The van der Waals surface area contributed by atoms with E-state index >= 15 is 0 Å². The smallest absolute Gasteiger partial charge is 0.127 e. The van der Waals surface area contributed by atoms with Gasteiger partial charge in [-0.3, -0.25) is 0 Å². The van der Waals surface area contributed by atoms with Gasteiger partial charge in [-0.1, -0.05) is 15.9 Å². The van der Waals surface area contributed by atoms with Crippen molar-refractivity contribution in [2.24, 2.45) is 0 Å². The molecule has 0 aliphatic carbocycles. The highest BCUT2D eigenvalue weighted by molar-refractivity contribution is 9.10. The molecule has 2 aromatic rings. The van der Waals surface area contributed by atoms with Gasteiger partial charge in [-0.2, -0.15) is 11.3 Å². The summed E-state index contributed by atoms with van der Waals surface area (Å²) in [6.07, 6.45) is 0.971. The van der Waals surface area contributed by atoms with E-state index in [1.54, 1.807) is 17.4 Å². The average molecular weight is 328 g/mol. The van der Waals surface area contributed by atoms with Crippen molar-refractivity contribution in [2.45, 2.75) is 25.9 Å². The van der Waals surface area contributed by atoms with Crippen molar-refractivity contribution in [2.75, 3.05) is 0 Å². The number of rotatable bonds is 5. The molecule has 1 unspecified atom stereocenters. The molecule has 18 heavy (non-hydrogen) atoms. The molecule has 2 rings (SSSR count). The van der Waals surface area contributed by atoms with Crippen LogP contribution in [0.3, 0.4) is 0 Å². The van der Waals surface area contributed by atoms with Crippen molar-refractivity contribution in [3.05, 3.63) is 56.4 Å². The lowest BCUT2D eigenvalue weighted by molar-refractivity contribution is 0.525. The molecule has 0 amide bonds. The van der Waals surface area contributed by atoms with Gasteiger partial charge >= 0.3 is 0 Å². The lowest BCUT2D eigenvalue weighted by Crippen LogP contribution is -2.27. The van der Waals surface area contributed by atoms with Crippen LogP contribution in [0.4, 0.5) is 4.39 Å². The van der Waals surface area contributed by atoms with Crippen LogP contribution < -0.4 is 5.32 Å². The Bertz CT molecular complexity index is 499. The number of benzene rings is 1. The summed E-state index contributed by atoms with van der Waals surface area (Å²) in [6, 6.07) is 7.48. The third-order valence-electron chi connectivity index (χ3n) is 2.77. The van der Waals surface area contributed by atoms with Gasteiger partial charge in [0.1, 0.15) is 5.82 Å². The fourth-order valence-corrected chi connectivity index (χ4v) is 2.89. The van der Waals surface area contributed by atoms with Crippen LogP contribution in [0, 0.1) is 5.82 Å². The van der Waals surface area contributed by atoms with Crippen molar-refractivity contribution in [1.29, 1.82) is 0 Å². The van der Waals surface area contributed by atoms with Gasteiger partial charge in [0.05, 0.1) is 0 Å². The lowest BCUT2D eigenvalue weighted by Gasteiger charge is -2.13. The van der Waals surface area contributed by atoms with Crippen molar-refractivity contribution in [3.8, 4) is 0 Å². The Hall–Kier alpha value is -0.710. The average Bonchev–Trinajstić information content (AvgIpc) is 2.83. The summed E-state index contributed by atoms with van der Waals surface area (Å²) in [7, 11) is 0. The first kappa shape index (κ1) is 13.7. The van der Waals surface area contributed by atoms with E-state index in [2.05, 4.69) is 45.0 Å². The normalized spacial score (nSPS) is 12.6. The molecule has 1 aromatic heterocycles. The van der Waals surface area contributed by atoms with Gasteiger partial charge in [0, 0.05) is 22.6 Å². The molecule has 1 aromatic carbocycles. The van der Waals surface area contributed by atoms with E-state index in [9.17, 15) is 4.39 Å². The third kappa shape index (κ3) is 3.90. The van der Waals surface area contributed by atoms with Gasteiger partial charge in [-0.05, 0) is 53.9 Å². The van der Waals surface area contributed by atoms with Gasteiger partial charge < -0.3 is 5.32 Å². The van der Waals surface area contributed by atoms with E-state index in [4.69, 9.17) is 0 Å². The number of halogens is 2. The molecule has 0 fully saturated rings. The van der Waals surface area contributed by atoms with Crippen LogP contribution >= 0.6 is 27.3 Å². The highest BCUT2D eigenvalue weighted by Crippen LogP contribution is 2.16. The van der Waals surface area contributed by atoms with Crippen LogP contribution in [0.2, 0.25) is 0 Å². The summed E-state index contributed by atoms with van der Waals surface area (Å²) in [4.78, 5) is 0. The highest BCUT2D eigenvalue weighted by atomic mass is 79.9. The Morgan fingerprint density at radius 2 is 2.22 bits per heavy atom. The quantitative estimate of drug-likeness (QED) is 0.859. The van der Waals surface area contributed by atoms with Gasteiger partial charge in [0.25, 0.3) is 0 Å². The van der Waals surface area contributed by atoms with Crippen molar-refractivity contribution >= 4 is 27.3 Å². The largest absolute Gasteiger partial charge is 0.310 e. The van der Waals surface area contributed by atoms with E-state index in [-0.39, 0.29) is 5.82 Å². The SMILES string of the molecule is CC(Cc1ccsc1)NCc1cc(Br)ccc1F. The maximum atomic E-state index is 13.5.